The van der Waals surface area contributed by atoms with Gasteiger partial charge in [-0.15, -0.1) is 0 Å². The first-order valence-electron chi connectivity index (χ1n) is 21.2. The molecule has 0 amide bonds. The van der Waals surface area contributed by atoms with Crippen molar-refractivity contribution in [2.24, 2.45) is 0 Å². The smallest absolute Gasteiger partial charge is 0.462 e. The van der Waals surface area contributed by atoms with Crippen molar-refractivity contribution in [1.29, 1.82) is 0 Å². The molecule has 0 aromatic carbocycles. The molecule has 0 rings (SSSR count). The molecule has 0 saturated carbocycles. The third-order valence-electron chi connectivity index (χ3n) is 8.60. The van der Waals surface area contributed by atoms with E-state index in [-0.39, 0.29) is 26.1 Å². The molecule has 1 N–H and O–H groups in total. The normalized spacial score (nSPS) is 14.4. The van der Waals surface area contributed by atoms with Crippen LogP contribution in [0.1, 0.15) is 149 Å². The highest BCUT2D eigenvalue weighted by Crippen LogP contribution is 2.43. The number of carbonyl (C=O) groups is 2. The second kappa shape index (κ2) is 37.1. The maximum Gasteiger partial charge on any atom is 0.472 e. The summed E-state index contributed by atoms with van der Waals surface area (Å²) >= 11 is 0. The molecular formula is C45H79NO8P+. The summed E-state index contributed by atoms with van der Waals surface area (Å²) in [5.41, 5.74) is 0. The summed E-state index contributed by atoms with van der Waals surface area (Å²) in [6, 6.07) is 0. The topological polar surface area (TPSA) is 108 Å². The summed E-state index contributed by atoms with van der Waals surface area (Å²) < 4.78 is 34.1. The number of nitrogens with zero attached hydrogens (tertiary/aromatic N) is 1. The maximum absolute atomic E-state index is 12.6. The molecule has 0 bridgehead atoms. The van der Waals surface area contributed by atoms with Gasteiger partial charge >= 0.3 is 19.8 Å². The number of hydrogen-bond acceptors (Lipinski definition) is 7. The Balaban J connectivity index is 4.47. The van der Waals surface area contributed by atoms with Gasteiger partial charge in [0.1, 0.15) is 19.8 Å². The molecular weight excluding hydrogens is 713 g/mol. The highest BCUT2D eigenvalue weighted by Gasteiger charge is 2.27. The second-order valence-corrected chi connectivity index (χ2v) is 16.6. The number of hydrogen-bond donors (Lipinski definition) is 1. The van der Waals surface area contributed by atoms with E-state index in [0.717, 1.165) is 38.5 Å². The van der Waals surface area contributed by atoms with Gasteiger partial charge in [0, 0.05) is 12.8 Å². The fourth-order valence-corrected chi connectivity index (χ4v) is 6.01. The second-order valence-electron chi connectivity index (χ2n) is 15.1. The van der Waals surface area contributed by atoms with Crippen molar-refractivity contribution in [1.82, 2.24) is 0 Å². The molecule has 10 heteroatoms. The van der Waals surface area contributed by atoms with E-state index in [0.29, 0.717) is 30.3 Å². The van der Waals surface area contributed by atoms with Crippen molar-refractivity contribution in [3.8, 4) is 0 Å². The Bertz CT molecular complexity index is 1170. The lowest BCUT2D eigenvalue weighted by Gasteiger charge is -2.24. The predicted molar refractivity (Wildman–Crippen MR) is 229 cm³/mol. The third kappa shape index (κ3) is 40.9. The van der Waals surface area contributed by atoms with Crippen LogP contribution in [0.15, 0.2) is 72.9 Å². The van der Waals surface area contributed by atoms with Gasteiger partial charge in [0.05, 0.1) is 27.7 Å². The van der Waals surface area contributed by atoms with Crippen LogP contribution in [0, 0.1) is 0 Å². The molecule has 0 radical (unpaired) electrons. The van der Waals surface area contributed by atoms with Gasteiger partial charge in [0.2, 0.25) is 0 Å². The van der Waals surface area contributed by atoms with E-state index in [1.54, 1.807) is 0 Å². The standard InChI is InChI=1S/C45H78NO8P/c1-6-8-10-12-14-16-18-20-21-22-23-24-26-27-29-31-33-35-37-44(47)51-41-43(42-53-55(49,50)52-40-39-46(3,4)5)54-45(48)38-36-34-32-30-28-25-19-17-15-13-11-9-7-2/h9,11,13,15,17,19,23-25,28,30,32,43H,6-8,10,12,14,16,18,20-22,26-27,29,31,33-42H2,1-5H3/p+1/b11-9+,15-13+,19-17+,24-23+,28-25+,32-30+. The third-order valence-corrected chi connectivity index (χ3v) is 9.58. The first kappa shape index (κ1) is 52.5. The lowest BCUT2D eigenvalue weighted by atomic mass is 10.1. The number of phosphoric acid groups is 1. The molecule has 2 unspecified atom stereocenters. The first-order chi connectivity index (χ1) is 26.5. The van der Waals surface area contributed by atoms with Gasteiger partial charge in [-0.05, 0) is 51.4 Å². The van der Waals surface area contributed by atoms with Crippen molar-refractivity contribution in [2.75, 3.05) is 47.5 Å². The number of rotatable bonds is 37. The fraction of sp³-hybridized carbons (Fsp3) is 0.689. The Labute approximate surface area is 336 Å². The number of phosphoric ester groups is 1. The highest BCUT2D eigenvalue weighted by molar-refractivity contribution is 7.47. The molecule has 0 aliphatic rings. The minimum absolute atomic E-state index is 0.0134. The number of allylic oxidation sites excluding steroid dienone is 12. The van der Waals surface area contributed by atoms with E-state index in [9.17, 15) is 19.0 Å². The van der Waals surface area contributed by atoms with E-state index in [4.69, 9.17) is 18.5 Å². The van der Waals surface area contributed by atoms with Crippen molar-refractivity contribution >= 4 is 19.8 Å². The van der Waals surface area contributed by atoms with Crippen LogP contribution in [-0.2, 0) is 32.7 Å². The van der Waals surface area contributed by atoms with Gasteiger partial charge in [0.25, 0.3) is 0 Å². The van der Waals surface area contributed by atoms with E-state index in [1.807, 2.05) is 75.8 Å². The maximum atomic E-state index is 12.6. The zero-order valence-corrected chi connectivity index (χ0v) is 36.3. The molecule has 0 aromatic rings. The van der Waals surface area contributed by atoms with Gasteiger partial charge in [-0.2, -0.15) is 0 Å². The summed E-state index contributed by atoms with van der Waals surface area (Å²) in [6.45, 7) is 4.16. The molecule has 9 nitrogen and oxygen atoms in total. The SMILES string of the molecule is CC/C=C/C=C/C=C/C=C/C=C/CCCC(=O)OC(COC(=O)CCCCCCC/C=C/CCCCCCCCCCC)COP(=O)(O)OCC[N+](C)(C)C. The minimum atomic E-state index is -4.40. The highest BCUT2D eigenvalue weighted by atomic mass is 31.2. The number of likely N-dealkylation sites (N-methyl/N-ethyl adjacent to an activating group) is 1. The number of esters is 2. The molecule has 316 valence electrons. The molecule has 0 aliphatic heterocycles. The Morgan fingerprint density at radius 1 is 0.582 bits per heavy atom. The number of ether oxygens (including phenoxy) is 2. The zero-order chi connectivity index (χ0) is 40.7. The quantitative estimate of drug-likeness (QED) is 0.0165. The van der Waals surface area contributed by atoms with E-state index in [1.165, 1.54) is 64.2 Å². The molecule has 0 saturated heterocycles. The van der Waals surface area contributed by atoms with E-state index in [2.05, 4.69) is 32.1 Å². The minimum Gasteiger partial charge on any atom is -0.462 e. The van der Waals surface area contributed by atoms with Gasteiger partial charge in [-0.3, -0.25) is 18.6 Å². The van der Waals surface area contributed by atoms with Crippen LogP contribution in [0.4, 0.5) is 0 Å². The van der Waals surface area contributed by atoms with Crippen LogP contribution in [0.2, 0.25) is 0 Å². The molecule has 0 fully saturated rings. The van der Waals surface area contributed by atoms with Crippen molar-refractivity contribution < 1.29 is 42.1 Å². The summed E-state index contributed by atoms with van der Waals surface area (Å²) in [5, 5.41) is 0. The average molecular weight is 793 g/mol. The lowest BCUT2D eigenvalue weighted by molar-refractivity contribution is -0.870. The Morgan fingerprint density at radius 2 is 1.07 bits per heavy atom. The van der Waals surface area contributed by atoms with Gasteiger partial charge < -0.3 is 18.9 Å². The van der Waals surface area contributed by atoms with Gasteiger partial charge in [-0.25, -0.2) is 4.57 Å². The van der Waals surface area contributed by atoms with Crippen LogP contribution in [0.25, 0.3) is 0 Å². The van der Waals surface area contributed by atoms with E-state index < -0.39 is 32.5 Å². The largest absolute Gasteiger partial charge is 0.472 e. The first-order valence-corrected chi connectivity index (χ1v) is 22.7. The van der Waals surface area contributed by atoms with Crippen LogP contribution in [0.5, 0.6) is 0 Å². The molecule has 0 aromatic heterocycles. The van der Waals surface area contributed by atoms with E-state index >= 15 is 0 Å². The van der Waals surface area contributed by atoms with Crippen molar-refractivity contribution in [3.05, 3.63) is 72.9 Å². The number of unbranched alkanes of at least 4 members (excludes halogenated alkanes) is 15. The molecule has 2 atom stereocenters. The molecule has 0 heterocycles. The van der Waals surface area contributed by atoms with Crippen LogP contribution >= 0.6 is 7.82 Å². The number of carbonyl (C=O) groups excluding carboxylic acids is 2. The Morgan fingerprint density at radius 3 is 1.64 bits per heavy atom. The average Bonchev–Trinajstić information content (AvgIpc) is 3.13. The summed E-state index contributed by atoms with van der Waals surface area (Å²) in [7, 11) is 1.41. The fourth-order valence-electron chi connectivity index (χ4n) is 5.27. The lowest BCUT2D eigenvalue weighted by Crippen LogP contribution is -2.37. The zero-order valence-electron chi connectivity index (χ0n) is 35.4. The summed E-state index contributed by atoms with van der Waals surface area (Å²) in [5.74, 6) is -0.901. The summed E-state index contributed by atoms with van der Waals surface area (Å²) in [4.78, 5) is 35.3. The Kier molecular flexibility index (Phi) is 35.3. The van der Waals surface area contributed by atoms with Crippen molar-refractivity contribution in [3.63, 3.8) is 0 Å². The van der Waals surface area contributed by atoms with Gasteiger partial charge in [0.15, 0.2) is 6.10 Å². The summed E-state index contributed by atoms with van der Waals surface area (Å²) in [6.07, 6.45) is 45.4. The number of quaternary nitrogens is 1. The van der Waals surface area contributed by atoms with Crippen LogP contribution in [0.3, 0.4) is 0 Å². The Hall–Kier alpha value is -2.55. The monoisotopic (exact) mass is 793 g/mol. The molecule has 55 heavy (non-hydrogen) atoms. The van der Waals surface area contributed by atoms with Gasteiger partial charge in [-0.1, -0.05) is 157 Å². The van der Waals surface area contributed by atoms with Crippen LogP contribution in [-0.4, -0.2) is 74.9 Å². The predicted octanol–water partition coefficient (Wildman–Crippen LogP) is 11.9. The van der Waals surface area contributed by atoms with Crippen LogP contribution < -0.4 is 0 Å². The molecule has 0 aliphatic carbocycles. The molecule has 0 spiro atoms. The van der Waals surface area contributed by atoms with Crippen molar-refractivity contribution in [2.45, 2.75) is 155 Å².